The molecule has 6 atom stereocenters. The first-order valence-corrected chi connectivity index (χ1v) is 6.78. The number of carbonyl (C=O) groups excluding carboxylic acids is 1. The van der Waals surface area contributed by atoms with Crippen LogP contribution in [-0.4, -0.2) is 40.4 Å². The first-order valence-electron chi connectivity index (χ1n) is 6.78. The number of fused-ring (bicyclic) bond motifs is 3. The van der Waals surface area contributed by atoms with E-state index in [0.717, 1.165) is 6.42 Å². The van der Waals surface area contributed by atoms with Gasteiger partial charge in [0.15, 0.2) is 5.78 Å². The summed E-state index contributed by atoms with van der Waals surface area (Å²) in [5, 5.41) is 29.3. The van der Waals surface area contributed by atoms with Crippen molar-refractivity contribution in [1.29, 1.82) is 0 Å². The molecule has 102 valence electrons. The van der Waals surface area contributed by atoms with E-state index < -0.39 is 11.5 Å². The Morgan fingerprint density at radius 1 is 1.22 bits per heavy atom. The number of Topliss-reactive ketones (excluding diaryl/α,β-unsaturated/α-hetero) is 1. The van der Waals surface area contributed by atoms with Crippen LogP contribution in [-0.2, 0) is 4.79 Å². The van der Waals surface area contributed by atoms with Gasteiger partial charge < -0.3 is 15.3 Å². The second kappa shape index (κ2) is 3.35. The molecule has 0 unspecified atom stereocenters. The molecule has 3 aliphatic rings. The van der Waals surface area contributed by atoms with Crippen LogP contribution in [0.25, 0.3) is 0 Å². The van der Waals surface area contributed by atoms with Gasteiger partial charge in [0.2, 0.25) is 0 Å². The zero-order valence-corrected chi connectivity index (χ0v) is 11.0. The van der Waals surface area contributed by atoms with Crippen LogP contribution in [0.2, 0.25) is 0 Å². The van der Waals surface area contributed by atoms with Gasteiger partial charge in [-0.05, 0) is 41.9 Å². The van der Waals surface area contributed by atoms with Gasteiger partial charge in [0, 0.05) is 6.61 Å². The second-order valence-corrected chi connectivity index (χ2v) is 7.29. The molecule has 18 heavy (non-hydrogen) atoms. The lowest BCUT2D eigenvalue weighted by atomic mass is 9.67. The molecular weight excluding hydrogens is 232 g/mol. The van der Waals surface area contributed by atoms with E-state index in [1.165, 1.54) is 0 Å². The minimum atomic E-state index is -0.953. The summed E-state index contributed by atoms with van der Waals surface area (Å²) in [5.74, 6) is 0.0345. The summed E-state index contributed by atoms with van der Waals surface area (Å²) < 4.78 is 0. The summed E-state index contributed by atoms with van der Waals surface area (Å²) in [7, 11) is 0. The molecule has 4 nitrogen and oxygen atoms in total. The van der Waals surface area contributed by atoms with Crippen molar-refractivity contribution in [1.82, 2.24) is 0 Å². The van der Waals surface area contributed by atoms with Crippen LogP contribution in [0.4, 0.5) is 0 Å². The van der Waals surface area contributed by atoms with Crippen LogP contribution in [0.3, 0.4) is 0 Å². The highest BCUT2D eigenvalue weighted by molar-refractivity contribution is 5.94. The average Bonchev–Trinajstić information content (AvgIpc) is 2.83. The van der Waals surface area contributed by atoms with Gasteiger partial charge >= 0.3 is 0 Å². The minimum Gasteiger partial charge on any atom is -0.396 e. The normalized spacial score (nSPS) is 58.3. The first kappa shape index (κ1) is 12.6. The van der Waals surface area contributed by atoms with Gasteiger partial charge in [0.05, 0.1) is 12.0 Å². The van der Waals surface area contributed by atoms with Gasteiger partial charge in [-0.2, -0.15) is 0 Å². The van der Waals surface area contributed by atoms with Gasteiger partial charge in [-0.15, -0.1) is 0 Å². The van der Waals surface area contributed by atoms with E-state index in [4.69, 9.17) is 0 Å². The molecule has 4 heteroatoms. The number of carbonyl (C=O) groups is 1. The van der Waals surface area contributed by atoms with Crippen molar-refractivity contribution in [2.75, 3.05) is 13.2 Å². The van der Waals surface area contributed by atoms with Crippen LogP contribution in [0.1, 0.15) is 33.1 Å². The Labute approximate surface area is 107 Å². The zero-order valence-electron chi connectivity index (χ0n) is 11.0. The number of aliphatic hydroxyl groups is 3. The maximum atomic E-state index is 12.3. The highest BCUT2D eigenvalue weighted by atomic mass is 16.3. The fourth-order valence-corrected chi connectivity index (χ4v) is 4.86. The minimum absolute atomic E-state index is 0.0400. The summed E-state index contributed by atoms with van der Waals surface area (Å²) in [6.45, 7) is 4.03. The molecule has 0 aromatic carbocycles. The standard InChI is InChI=1S/C14H22O4/c1-12(6-15)3-8-9(4-12)13(2)5-14(13,7-16)11(18)10(8)17/h8-10,15-17H,3-7H2,1-2H3/t8-,9+,10+,12-,13-,14-/m0/s1. The van der Waals surface area contributed by atoms with E-state index in [1.54, 1.807) is 0 Å². The molecule has 3 rings (SSSR count). The Morgan fingerprint density at radius 2 is 1.89 bits per heavy atom. The van der Waals surface area contributed by atoms with Crippen molar-refractivity contribution in [3.05, 3.63) is 0 Å². The second-order valence-electron chi connectivity index (χ2n) is 7.29. The lowest BCUT2D eigenvalue weighted by molar-refractivity contribution is -0.146. The molecule has 0 bridgehead atoms. The van der Waals surface area contributed by atoms with Crippen LogP contribution in [0, 0.1) is 28.1 Å². The highest BCUT2D eigenvalue weighted by Gasteiger charge is 2.78. The molecule has 3 fully saturated rings. The Kier molecular flexibility index (Phi) is 2.34. The summed E-state index contributed by atoms with van der Waals surface area (Å²) in [4.78, 5) is 12.3. The maximum Gasteiger partial charge on any atom is 0.170 e. The third kappa shape index (κ3) is 1.19. The molecule has 0 saturated heterocycles. The molecule has 0 heterocycles. The molecule has 0 aromatic rings. The highest BCUT2D eigenvalue weighted by Crippen LogP contribution is 2.76. The zero-order chi connectivity index (χ0) is 13.3. The van der Waals surface area contributed by atoms with Gasteiger partial charge in [-0.25, -0.2) is 0 Å². The molecule has 0 radical (unpaired) electrons. The van der Waals surface area contributed by atoms with E-state index in [9.17, 15) is 20.1 Å². The van der Waals surface area contributed by atoms with Crippen LogP contribution in [0.15, 0.2) is 0 Å². The summed E-state index contributed by atoms with van der Waals surface area (Å²) in [6.07, 6.45) is 1.29. The van der Waals surface area contributed by atoms with Crippen molar-refractivity contribution in [3.63, 3.8) is 0 Å². The molecule has 0 amide bonds. The van der Waals surface area contributed by atoms with E-state index >= 15 is 0 Å². The monoisotopic (exact) mass is 254 g/mol. The molecular formula is C14H22O4. The van der Waals surface area contributed by atoms with Gasteiger partial charge in [0.1, 0.15) is 6.10 Å². The quantitative estimate of drug-likeness (QED) is 0.664. The smallest absolute Gasteiger partial charge is 0.170 e. The van der Waals surface area contributed by atoms with Gasteiger partial charge in [-0.1, -0.05) is 13.8 Å². The summed E-state index contributed by atoms with van der Waals surface area (Å²) >= 11 is 0. The molecule has 0 aliphatic heterocycles. The average molecular weight is 254 g/mol. The predicted molar refractivity (Wildman–Crippen MR) is 64.7 cm³/mol. The predicted octanol–water partition coefficient (Wildman–Crippen LogP) is 0.343. The van der Waals surface area contributed by atoms with E-state index in [2.05, 4.69) is 6.92 Å². The Bertz CT molecular complexity index is 409. The van der Waals surface area contributed by atoms with E-state index in [1.807, 2.05) is 6.92 Å². The van der Waals surface area contributed by atoms with Crippen LogP contribution >= 0.6 is 0 Å². The fourth-order valence-electron chi connectivity index (χ4n) is 4.86. The molecule has 3 aliphatic carbocycles. The maximum absolute atomic E-state index is 12.3. The van der Waals surface area contributed by atoms with Crippen molar-refractivity contribution < 1.29 is 20.1 Å². The molecule has 0 spiro atoms. The third-order valence-corrected chi connectivity index (χ3v) is 6.21. The van der Waals surface area contributed by atoms with E-state index in [0.29, 0.717) is 12.8 Å². The number of aliphatic hydroxyl groups excluding tert-OH is 3. The lowest BCUT2D eigenvalue weighted by Crippen LogP contribution is -2.48. The number of hydrogen-bond acceptors (Lipinski definition) is 4. The lowest BCUT2D eigenvalue weighted by Gasteiger charge is -2.38. The topological polar surface area (TPSA) is 77.8 Å². The van der Waals surface area contributed by atoms with E-state index in [-0.39, 0.29) is 41.7 Å². The summed E-state index contributed by atoms with van der Waals surface area (Å²) in [5.41, 5.74) is -1.06. The number of ketones is 1. The molecule has 0 aromatic heterocycles. The van der Waals surface area contributed by atoms with Crippen molar-refractivity contribution in [3.8, 4) is 0 Å². The van der Waals surface area contributed by atoms with Crippen LogP contribution < -0.4 is 0 Å². The molecule has 3 saturated carbocycles. The Hall–Kier alpha value is -0.450. The van der Waals surface area contributed by atoms with Crippen molar-refractivity contribution >= 4 is 5.78 Å². The van der Waals surface area contributed by atoms with Gasteiger partial charge in [0.25, 0.3) is 0 Å². The SMILES string of the molecule is C[C@]1(CO)C[C@H]2[C@@H](C1)[C@]1(C)C[C@]1(CO)C(=O)[C@@H]2O. The first-order chi connectivity index (χ1) is 8.33. The number of hydrogen-bond donors (Lipinski definition) is 3. The van der Waals surface area contributed by atoms with Crippen molar-refractivity contribution in [2.24, 2.45) is 28.1 Å². The third-order valence-electron chi connectivity index (χ3n) is 6.21. The Morgan fingerprint density at radius 3 is 2.44 bits per heavy atom. The fraction of sp³-hybridized carbons (Fsp3) is 0.929. The van der Waals surface area contributed by atoms with Crippen molar-refractivity contribution in [2.45, 2.75) is 39.2 Å². The largest absolute Gasteiger partial charge is 0.396 e. The molecule has 3 N–H and O–H groups in total. The van der Waals surface area contributed by atoms with Gasteiger partial charge in [-0.3, -0.25) is 4.79 Å². The summed E-state index contributed by atoms with van der Waals surface area (Å²) in [6, 6.07) is 0. The van der Waals surface area contributed by atoms with Crippen LogP contribution in [0.5, 0.6) is 0 Å². The number of rotatable bonds is 2. The Balaban J connectivity index is 1.98.